The molecule has 2 fully saturated rings. The maximum absolute atomic E-state index is 3.73. The van der Waals surface area contributed by atoms with E-state index in [1.54, 1.807) is 0 Å². The number of nitrogens with zero attached hydrogens (tertiary/aromatic N) is 1. The molecule has 1 N–H and O–H groups in total. The molecule has 70 valence electrons. The van der Waals surface area contributed by atoms with Crippen LogP contribution in [0.3, 0.4) is 0 Å². The first-order valence-electron chi connectivity index (χ1n) is 5.20. The molecule has 0 aromatic heterocycles. The van der Waals surface area contributed by atoms with E-state index in [0.717, 1.165) is 18.0 Å². The highest BCUT2D eigenvalue weighted by atomic mass is 15.2. The van der Waals surface area contributed by atoms with Crippen LogP contribution < -0.4 is 5.32 Å². The second-order valence-corrected chi connectivity index (χ2v) is 4.54. The molecule has 1 aliphatic heterocycles. The van der Waals surface area contributed by atoms with Gasteiger partial charge in [-0.2, -0.15) is 0 Å². The van der Waals surface area contributed by atoms with E-state index in [2.05, 4.69) is 24.2 Å². The van der Waals surface area contributed by atoms with Crippen molar-refractivity contribution in [3.05, 3.63) is 0 Å². The van der Waals surface area contributed by atoms with Gasteiger partial charge in [0.1, 0.15) is 0 Å². The molecule has 1 aliphatic carbocycles. The fourth-order valence-electron chi connectivity index (χ4n) is 2.18. The zero-order valence-corrected chi connectivity index (χ0v) is 8.21. The molecule has 2 aliphatic rings. The summed E-state index contributed by atoms with van der Waals surface area (Å²) < 4.78 is 0. The lowest BCUT2D eigenvalue weighted by Gasteiger charge is -2.18. The van der Waals surface area contributed by atoms with E-state index in [9.17, 15) is 0 Å². The highest BCUT2D eigenvalue weighted by Crippen LogP contribution is 2.32. The van der Waals surface area contributed by atoms with Gasteiger partial charge in [0.15, 0.2) is 0 Å². The van der Waals surface area contributed by atoms with Crippen molar-refractivity contribution >= 4 is 0 Å². The highest BCUT2D eigenvalue weighted by molar-refractivity contribution is 4.88. The molecule has 0 amide bonds. The molecule has 0 unspecified atom stereocenters. The normalized spacial score (nSPS) is 34.0. The van der Waals surface area contributed by atoms with Crippen molar-refractivity contribution in [1.82, 2.24) is 10.2 Å². The number of hydrogen-bond acceptors (Lipinski definition) is 2. The van der Waals surface area contributed by atoms with Crippen molar-refractivity contribution in [3.63, 3.8) is 0 Å². The molecule has 2 rings (SSSR count). The molecule has 0 aromatic carbocycles. The third-order valence-corrected chi connectivity index (χ3v) is 3.22. The van der Waals surface area contributed by atoms with Crippen molar-refractivity contribution in [1.29, 1.82) is 0 Å². The van der Waals surface area contributed by atoms with Gasteiger partial charge in [0, 0.05) is 18.6 Å². The summed E-state index contributed by atoms with van der Waals surface area (Å²) in [5.74, 6) is 0.996. The van der Waals surface area contributed by atoms with E-state index in [1.807, 2.05) is 0 Å². The molecule has 0 aromatic rings. The predicted molar refractivity (Wildman–Crippen MR) is 51.2 cm³/mol. The number of rotatable bonds is 3. The quantitative estimate of drug-likeness (QED) is 0.678. The van der Waals surface area contributed by atoms with Crippen molar-refractivity contribution < 1.29 is 0 Å². The maximum atomic E-state index is 3.73. The van der Waals surface area contributed by atoms with Gasteiger partial charge in [-0.3, -0.25) is 0 Å². The summed E-state index contributed by atoms with van der Waals surface area (Å²) in [6.07, 6.45) is 4.25. The van der Waals surface area contributed by atoms with Crippen LogP contribution in [0, 0.1) is 5.92 Å². The molecule has 1 saturated heterocycles. The fraction of sp³-hybridized carbons (Fsp3) is 1.00. The Bertz CT molecular complexity index is 154. The number of likely N-dealkylation sites (tertiary alicyclic amines) is 1. The first kappa shape index (κ1) is 8.52. The zero-order chi connectivity index (χ0) is 8.55. The van der Waals surface area contributed by atoms with Gasteiger partial charge < -0.3 is 10.2 Å². The smallest absolute Gasteiger partial charge is 0.0209 e. The summed E-state index contributed by atoms with van der Waals surface area (Å²) in [6, 6.07) is 1.53. The summed E-state index contributed by atoms with van der Waals surface area (Å²) in [7, 11) is 2.21. The van der Waals surface area contributed by atoms with Gasteiger partial charge in [-0.25, -0.2) is 0 Å². The minimum absolute atomic E-state index is 0.765. The largest absolute Gasteiger partial charge is 0.310 e. The van der Waals surface area contributed by atoms with Gasteiger partial charge in [0.05, 0.1) is 0 Å². The van der Waals surface area contributed by atoms with Crippen LogP contribution in [0.4, 0.5) is 0 Å². The minimum Gasteiger partial charge on any atom is -0.310 e. The standard InChI is InChI=1S/C10H20N2/c1-8(9-3-4-9)11-10-5-6-12(2)7-10/h8-11H,3-7H2,1-2H3/t8-,10-/m0/s1. The summed E-state index contributed by atoms with van der Waals surface area (Å²) in [5, 5.41) is 3.73. The van der Waals surface area contributed by atoms with Crippen LogP contribution in [-0.4, -0.2) is 37.1 Å². The Morgan fingerprint density at radius 3 is 2.58 bits per heavy atom. The summed E-state index contributed by atoms with van der Waals surface area (Å²) in [6.45, 7) is 4.86. The van der Waals surface area contributed by atoms with Gasteiger partial charge in [-0.15, -0.1) is 0 Å². The second kappa shape index (κ2) is 3.35. The van der Waals surface area contributed by atoms with Gasteiger partial charge >= 0.3 is 0 Å². The monoisotopic (exact) mass is 168 g/mol. The molecule has 0 radical (unpaired) electrons. The molecular weight excluding hydrogens is 148 g/mol. The van der Waals surface area contributed by atoms with Crippen molar-refractivity contribution in [2.24, 2.45) is 5.92 Å². The van der Waals surface area contributed by atoms with E-state index < -0.39 is 0 Å². The average Bonchev–Trinajstić information content (AvgIpc) is 2.78. The second-order valence-electron chi connectivity index (χ2n) is 4.54. The van der Waals surface area contributed by atoms with E-state index >= 15 is 0 Å². The Balaban J connectivity index is 1.71. The Hall–Kier alpha value is -0.0800. The van der Waals surface area contributed by atoms with E-state index in [-0.39, 0.29) is 0 Å². The Kier molecular flexibility index (Phi) is 2.37. The van der Waals surface area contributed by atoms with Crippen molar-refractivity contribution in [2.75, 3.05) is 20.1 Å². The third kappa shape index (κ3) is 1.99. The van der Waals surface area contributed by atoms with Gasteiger partial charge in [-0.05, 0) is 45.7 Å². The molecule has 12 heavy (non-hydrogen) atoms. The lowest BCUT2D eigenvalue weighted by Crippen LogP contribution is -2.39. The van der Waals surface area contributed by atoms with Crippen LogP contribution in [0.15, 0.2) is 0 Å². The van der Waals surface area contributed by atoms with E-state index in [0.29, 0.717) is 0 Å². The van der Waals surface area contributed by atoms with Crippen LogP contribution in [0.1, 0.15) is 26.2 Å². The first-order valence-corrected chi connectivity index (χ1v) is 5.20. The molecule has 0 bridgehead atoms. The summed E-state index contributed by atoms with van der Waals surface area (Å²) in [4.78, 5) is 2.41. The number of likely N-dealkylation sites (N-methyl/N-ethyl adjacent to an activating group) is 1. The minimum atomic E-state index is 0.765. The van der Waals surface area contributed by atoms with Crippen molar-refractivity contribution in [3.8, 4) is 0 Å². The lowest BCUT2D eigenvalue weighted by atomic mass is 10.1. The summed E-state index contributed by atoms with van der Waals surface area (Å²) in [5.41, 5.74) is 0. The van der Waals surface area contributed by atoms with Gasteiger partial charge in [0.2, 0.25) is 0 Å². The molecule has 1 heterocycles. The Labute approximate surface area is 75.3 Å². The van der Waals surface area contributed by atoms with Crippen LogP contribution in [0.5, 0.6) is 0 Å². The van der Waals surface area contributed by atoms with Crippen LogP contribution in [-0.2, 0) is 0 Å². The number of nitrogens with one attached hydrogen (secondary N) is 1. The molecular formula is C10H20N2. The Morgan fingerprint density at radius 1 is 1.33 bits per heavy atom. The Morgan fingerprint density at radius 2 is 2.08 bits per heavy atom. The molecule has 2 atom stereocenters. The predicted octanol–water partition coefficient (Wildman–Crippen LogP) is 1.08. The first-order chi connectivity index (χ1) is 5.75. The average molecular weight is 168 g/mol. The molecule has 2 heteroatoms. The molecule has 1 saturated carbocycles. The van der Waals surface area contributed by atoms with Gasteiger partial charge in [-0.1, -0.05) is 0 Å². The maximum Gasteiger partial charge on any atom is 0.0209 e. The lowest BCUT2D eigenvalue weighted by molar-refractivity contribution is 0.375. The fourth-order valence-corrected chi connectivity index (χ4v) is 2.18. The topological polar surface area (TPSA) is 15.3 Å². The molecule has 2 nitrogen and oxygen atoms in total. The van der Waals surface area contributed by atoms with E-state index in [4.69, 9.17) is 0 Å². The van der Waals surface area contributed by atoms with Crippen molar-refractivity contribution in [2.45, 2.75) is 38.3 Å². The van der Waals surface area contributed by atoms with Crippen LogP contribution >= 0.6 is 0 Å². The molecule has 0 spiro atoms. The third-order valence-electron chi connectivity index (χ3n) is 3.22. The van der Waals surface area contributed by atoms with Crippen LogP contribution in [0.2, 0.25) is 0 Å². The highest BCUT2D eigenvalue weighted by Gasteiger charge is 2.30. The van der Waals surface area contributed by atoms with Gasteiger partial charge in [0.25, 0.3) is 0 Å². The number of hydrogen-bond donors (Lipinski definition) is 1. The zero-order valence-electron chi connectivity index (χ0n) is 8.21. The van der Waals surface area contributed by atoms with Crippen LogP contribution in [0.25, 0.3) is 0 Å². The van der Waals surface area contributed by atoms with E-state index in [1.165, 1.54) is 32.4 Å². The summed E-state index contributed by atoms with van der Waals surface area (Å²) >= 11 is 0. The SMILES string of the molecule is C[C@H](N[C@H]1CCN(C)C1)C1CC1.